The average molecular weight is 360 g/mol. The second kappa shape index (κ2) is 10.5. The summed E-state index contributed by atoms with van der Waals surface area (Å²) in [6.45, 7) is 3.01. The van der Waals surface area contributed by atoms with Crippen molar-refractivity contribution in [1.82, 2.24) is 4.98 Å². The van der Waals surface area contributed by atoms with Gasteiger partial charge >= 0.3 is 0 Å². The molecular weight excluding hydrogens is 330 g/mol. The average Bonchev–Trinajstić information content (AvgIpc) is 2.72. The van der Waals surface area contributed by atoms with E-state index in [4.69, 9.17) is 9.72 Å². The number of hydrogen-bond acceptors (Lipinski definition) is 2. The van der Waals surface area contributed by atoms with Crippen LogP contribution in [0.2, 0.25) is 0 Å². The summed E-state index contributed by atoms with van der Waals surface area (Å²) < 4.78 is 6.06. The van der Waals surface area contributed by atoms with E-state index in [2.05, 4.69) is 49.4 Å². The summed E-state index contributed by atoms with van der Waals surface area (Å²) in [6, 6.07) is 20.6. The largest absolute Gasteiger partial charge is 0.491 e. The molecule has 3 rings (SSSR count). The summed E-state index contributed by atoms with van der Waals surface area (Å²) in [6.07, 6.45) is 11.8. The zero-order valence-electron chi connectivity index (χ0n) is 16.2. The highest BCUT2D eigenvalue weighted by molar-refractivity contribution is 5.86. The second-order valence-electron chi connectivity index (χ2n) is 6.92. The molecule has 0 saturated heterocycles. The van der Waals surface area contributed by atoms with E-state index in [-0.39, 0.29) is 0 Å². The van der Waals surface area contributed by atoms with Gasteiger partial charge in [0.2, 0.25) is 0 Å². The smallest absolute Gasteiger partial charge is 0.145 e. The van der Waals surface area contributed by atoms with Crippen LogP contribution in [-0.4, -0.2) is 11.6 Å². The molecule has 2 nitrogen and oxygen atoms in total. The molecule has 0 radical (unpaired) electrons. The highest BCUT2D eigenvalue weighted by Crippen LogP contribution is 2.25. The number of fused-ring (bicyclic) bond motifs is 1. The van der Waals surface area contributed by atoms with Gasteiger partial charge in [-0.3, -0.25) is 0 Å². The summed E-state index contributed by atoms with van der Waals surface area (Å²) in [5, 5.41) is 1.12. The number of unbranched alkanes of at least 4 members (excludes halogenated alkanes) is 5. The number of pyridine rings is 1. The first kappa shape index (κ1) is 19.2. The van der Waals surface area contributed by atoms with E-state index in [0.717, 1.165) is 35.4 Å². The van der Waals surface area contributed by atoms with Gasteiger partial charge in [0.05, 0.1) is 12.3 Å². The monoisotopic (exact) mass is 359 g/mol. The van der Waals surface area contributed by atoms with Crippen LogP contribution in [0.1, 0.15) is 56.7 Å². The van der Waals surface area contributed by atoms with Crippen LogP contribution >= 0.6 is 0 Å². The molecule has 0 N–H and O–H groups in total. The Kier molecular flexibility index (Phi) is 7.46. The zero-order chi connectivity index (χ0) is 18.7. The van der Waals surface area contributed by atoms with Crippen LogP contribution < -0.4 is 4.74 Å². The maximum Gasteiger partial charge on any atom is 0.145 e. The van der Waals surface area contributed by atoms with E-state index in [1.165, 1.54) is 37.7 Å². The molecule has 0 aliphatic carbocycles. The van der Waals surface area contributed by atoms with Gasteiger partial charge in [-0.25, -0.2) is 4.98 Å². The molecule has 1 heterocycles. The molecule has 0 unspecified atom stereocenters. The van der Waals surface area contributed by atoms with Crippen LogP contribution in [0.3, 0.4) is 0 Å². The predicted molar refractivity (Wildman–Crippen MR) is 116 cm³/mol. The van der Waals surface area contributed by atoms with Crippen molar-refractivity contribution in [2.45, 2.75) is 45.4 Å². The molecule has 0 atom stereocenters. The first-order chi connectivity index (χ1) is 13.4. The van der Waals surface area contributed by atoms with E-state index < -0.39 is 0 Å². The van der Waals surface area contributed by atoms with Gasteiger partial charge in [0.1, 0.15) is 11.3 Å². The fraction of sp³-hybridized carbons (Fsp3) is 0.320. The first-order valence-corrected chi connectivity index (χ1v) is 10.1. The van der Waals surface area contributed by atoms with Gasteiger partial charge in [-0.2, -0.15) is 0 Å². The number of ether oxygens (including phenoxy) is 1. The van der Waals surface area contributed by atoms with Crippen LogP contribution in [-0.2, 0) is 0 Å². The standard InChI is InChI=1S/C25H29NO/c1-2-3-4-5-6-10-20-27-24-15-11-14-22-17-19-23(26-25(22)24)18-16-21-12-8-7-9-13-21/h7-9,11-19H,2-6,10,20H2,1H3. The highest BCUT2D eigenvalue weighted by atomic mass is 16.5. The Hall–Kier alpha value is -2.61. The van der Waals surface area contributed by atoms with Crippen molar-refractivity contribution >= 4 is 23.1 Å². The minimum absolute atomic E-state index is 0.761. The maximum absolute atomic E-state index is 6.06. The van der Waals surface area contributed by atoms with Gasteiger partial charge in [0.25, 0.3) is 0 Å². The third-order valence-electron chi connectivity index (χ3n) is 4.71. The summed E-state index contributed by atoms with van der Waals surface area (Å²) >= 11 is 0. The Morgan fingerprint density at radius 1 is 0.778 bits per heavy atom. The molecule has 2 aromatic carbocycles. The Labute approximate surface area is 162 Å². The van der Waals surface area contributed by atoms with Crippen LogP contribution in [0.25, 0.3) is 23.1 Å². The highest BCUT2D eigenvalue weighted by Gasteiger charge is 2.04. The number of aromatic nitrogens is 1. The SMILES string of the molecule is CCCCCCCCOc1cccc2ccc(C=Cc3ccccc3)nc12. The molecule has 0 amide bonds. The Balaban J connectivity index is 1.64. The molecule has 0 saturated carbocycles. The summed E-state index contributed by atoms with van der Waals surface area (Å²) in [5.41, 5.74) is 3.06. The van der Waals surface area contributed by atoms with Crippen LogP contribution in [0, 0.1) is 0 Å². The van der Waals surface area contributed by atoms with Gasteiger partial charge in [0.15, 0.2) is 0 Å². The normalized spacial score (nSPS) is 11.3. The van der Waals surface area contributed by atoms with E-state index in [1.54, 1.807) is 0 Å². The Morgan fingerprint density at radius 2 is 1.59 bits per heavy atom. The van der Waals surface area contributed by atoms with Crippen LogP contribution in [0.15, 0.2) is 60.7 Å². The molecule has 140 valence electrons. The third kappa shape index (κ3) is 5.96. The molecule has 2 heteroatoms. The molecule has 0 aliphatic rings. The summed E-state index contributed by atoms with van der Waals surface area (Å²) in [4.78, 5) is 4.82. The van der Waals surface area contributed by atoms with Gasteiger partial charge in [-0.1, -0.05) is 93.6 Å². The molecule has 0 aliphatic heterocycles. The minimum atomic E-state index is 0.761. The van der Waals surface area contributed by atoms with Crippen molar-refractivity contribution < 1.29 is 4.74 Å². The van der Waals surface area contributed by atoms with E-state index in [0.29, 0.717) is 0 Å². The number of nitrogens with zero attached hydrogens (tertiary/aromatic N) is 1. The fourth-order valence-electron chi connectivity index (χ4n) is 3.15. The van der Waals surface area contributed by atoms with Crippen molar-refractivity contribution in [2.75, 3.05) is 6.61 Å². The van der Waals surface area contributed by atoms with Crippen molar-refractivity contribution in [2.24, 2.45) is 0 Å². The van der Waals surface area contributed by atoms with Crippen molar-refractivity contribution in [3.05, 3.63) is 71.9 Å². The molecule has 27 heavy (non-hydrogen) atoms. The lowest BCUT2D eigenvalue weighted by Crippen LogP contribution is -1.99. The van der Waals surface area contributed by atoms with Gasteiger partial charge < -0.3 is 4.74 Å². The van der Waals surface area contributed by atoms with Crippen LogP contribution in [0.4, 0.5) is 0 Å². The second-order valence-corrected chi connectivity index (χ2v) is 6.92. The Morgan fingerprint density at radius 3 is 2.44 bits per heavy atom. The van der Waals surface area contributed by atoms with Crippen molar-refractivity contribution in [1.29, 1.82) is 0 Å². The summed E-state index contributed by atoms with van der Waals surface area (Å²) in [5.74, 6) is 0.885. The van der Waals surface area contributed by atoms with Crippen molar-refractivity contribution in [3.8, 4) is 5.75 Å². The zero-order valence-corrected chi connectivity index (χ0v) is 16.2. The van der Waals surface area contributed by atoms with Gasteiger partial charge in [-0.15, -0.1) is 0 Å². The summed E-state index contributed by atoms with van der Waals surface area (Å²) in [7, 11) is 0. The number of para-hydroxylation sites is 1. The van der Waals surface area contributed by atoms with E-state index >= 15 is 0 Å². The maximum atomic E-state index is 6.06. The number of hydrogen-bond donors (Lipinski definition) is 0. The minimum Gasteiger partial charge on any atom is -0.491 e. The van der Waals surface area contributed by atoms with E-state index in [9.17, 15) is 0 Å². The Bertz CT molecular complexity index is 855. The lowest BCUT2D eigenvalue weighted by Gasteiger charge is -2.09. The van der Waals surface area contributed by atoms with Gasteiger partial charge in [0, 0.05) is 5.39 Å². The topological polar surface area (TPSA) is 22.1 Å². The number of benzene rings is 2. The first-order valence-electron chi connectivity index (χ1n) is 10.1. The molecule has 0 spiro atoms. The van der Waals surface area contributed by atoms with Gasteiger partial charge in [-0.05, 0) is 30.2 Å². The lowest BCUT2D eigenvalue weighted by atomic mass is 10.1. The third-order valence-corrected chi connectivity index (χ3v) is 4.71. The number of rotatable bonds is 10. The molecular formula is C25H29NO. The van der Waals surface area contributed by atoms with Crippen molar-refractivity contribution in [3.63, 3.8) is 0 Å². The quantitative estimate of drug-likeness (QED) is 0.359. The molecule has 0 bridgehead atoms. The van der Waals surface area contributed by atoms with Crippen LogP contribution in [0.5, 0.6) is 5.75 Å². The van der Waals surface area contributed by atoms with E-state index in [1.807, 2.05) is 30.3 Å². The lowest BCUT2D eigenvalue weighted by molar-refractivity contribution is 0.307. The molecule has 3 aromatic rings. The predicted octanol–water partition coefficient (Wildman–Crippen LogP) is 7.14. The molecule has 1 aromatic heterocycles. The molecule has 0 fully saturated rings. The fourth-order valence-corrected chi connectivity index (χ4v) is 3.15.